The first-order valence-corrected chi connectivity index (χ1v) is 9.82. The van der Waals surface area contributed by atoms with Crippen molar-refractivity contribution >= 4 is 28.9 Å². The zero-order valence-electron chi connectivity index (χ0n) is 16.0. The minimum absolute atomic E-state index is 0.0113. The molecule has 1 saturated heterocycles. The molecule has 2 aromatic carbocycles. The number of nitro groups is 1. The molecule has 2 atom stereocenters. The van der Waals surface area contributed by atoms with E-state index in [1.807, 2.05) is 19.1 Å². The van der Waals surface area contributed by atoms with E-state index in [-0.39, 0.29) is 28.2 Å². The minimum atomic E-state index is -0.595. The van der Waals surface area contributed by atoms with Crippen LogP contribution in [0.1, 0.15) is 48.7 Å². The van der Waals surface area contributed by atoms with E-state index in [0.717, 1.165) is 18.7 Å². The monoisotopic (exact) mass is 401 g/mol. The van der Waals surface area contributed by atoms with Gasteiger partial charge < -0.3 is 10.2 Å². The summed E-state index contributed by atoms with van der Waals surface area (Å²) in [6.45, 7) is 6.31. The number of carbonyl (C=O) groups excluding carboxylic acids is 1. The highest BCUT2D eigenvalue weighted by Gasteiger charge is 2.19. The van der Waals surface area contributed by atoms with Gasteiger partial charge in [-0.3, -0.25) is 14.9 Å². The molecule has 0 unspecified atom stereocenters. The van der Waals surface area contributed by atoms with Crippen molar-refractivity contribution in [2.24, 2.45) is 5.92 Å². The van der Waals surface area contributed by atoms with Crippen LogP contribution < -0.4 is 10.2 Å². The predicted octanol–water partition coefficient (Wildman–Crippen LogP) is 4.98. The molecule has 0 aromatic heterocycles. The molecule has 2 aromatic rings. The SMILES string of the molecule is C[C@H]1CCCN(c2ccc([C@H](C)NC(=O)c3ccc(Cl)c([N+](=O)[O-])c3)cc2)C1. The smallest absolute Gasteiger partial charge is 0.288 e. The van der Waals surface area contributed by atoms with Crippen molar-refractivity contribution in [1.82, 2.24) is 5.32 Å². The second-order valence-corrected chi connectivity index (χ2v) is 7.81. The third-order valence-corrected chi connectivity index (χ3v) is 5.49. The van der Waals surface area contributed by atoms with Crippen LogP contribution in [-0.2, 0) is 0 Å². The molecule has 0 aliphatic carbocycles. The van der Waals surface area contributed by atoms with Crippen LogP contribution in [0.4, 0.5) is 11.4 Å². The topological polar surface area (TPSA) is 75.5 Å². The highest BCUT2D eigenvalue weighted by molar-refractivity contribution is 6.32. The fourth-order valence-electron chi connectivity index (χ4n) is 3.55. The second kappa shape index (κ2) is 8.61. The molecule has 1 aliphatic rings. The van der Waals surface area contributed by atoms with Crippen LogP contribution in [0.15, 0.2) is 42.5 Å². The van der Waals surface area contributed by atoms with Crippen molar-refractivity contribution < 1.29 is 9.72 Å². The van der Waals surface area contributed by atoms with Crippen molar-refractivity contribution in [3.63, 3.8) is 0 Å². The van der Waals surface area contributed by atoms with Gasteiger partial charge in [-0.1, -0.05) is 30.7 Å². The first kappa shape index (κ1) is 20.1. The van der Waals surface area contributed by atoms with Gasteiger partial charge in [0, 0.05) is 30.4 Å². The van der Waals surface area contributed by atoms with Crippen molar-refractivity contribution in [2.75, 3.05) is 18.0 Å². The molecule has 1 heterocycles. The first-order valence-electron chi connectivity index (χ1n) is 9.45. The summed E-state index contributed by atoms with van der Waals surface area (Å²) in [5.41, 5.74) is 2.11. The number of hydrogen-bond acceptors (Lipinski definition) is 4. The van der Waals surface area contributed by atoms with E-state index in [1.54, 1.807) is 0 Å². The summed E-state index contributed by atoms with van der Waals surface area (Å²) in [6, 6.07) is 12.0. The number of benzene rings is 2. The summed E-state index contributed by atoms with van der Waals surface area (Å²) in [4.78, 5) is 25.3. The van der Waals surface area contributed by atoms with E-state index >= 15 is 0 Å². The average molecular weight is 402 g/mol. The number of nitro benzene ring substituents is 1. The van der Waals surface area contributed by atoms with Crippen LogP contribution in [0.2, 0.25) is 5.02 Å². The maximum atomic E-state index is 12.5. The highest BCUT2D eigenvalue weighted by atomic mass is 35.5. The standard InChI is InChI=1S/C21H24ClN3O3/c1-14-4-3-11-24(13-14)18-8-5-16(6-9-18)15(2)23-21(26)17-7-10-19(22)20(12-17)25(27)28/h5-10,12,14-15H,3-4,11,13H2,1-2H3,(H,23,26)/t14-,15-/m0/s1. The number of nitrogens with one attached hydrogen (secondary N) is 1. The average Bonchev–Trinajstić information content (AvgIpc) is 2.68. The Balaban J connectivity index is 1.67. The Morgan fingerprint density at radius 1 is 1.29 bits per heavy atom. The molecule has 148 valence electrons. The molecule has 1 aliphatic heterocycles. The summed E-state index contributed by atoms with van der Waals surface area (Å²) >= 11 is 5.81. The Bertz CT molecular complexity index is 870. The summed E-state index contributed by atoms with van der Waals surface area (Å²) in [7, 11) is 0. The molecule has 3 rings (SSSR count). The summed E-state index contributed by atoms with van der Waals surface area (Å²) < 4.78 is 0. The maximum Gasteiger partial charge on any atom is 0.288 e. The molecule has 28 heavy (non-hydrogen) atoms. The van der Waals surface area contributed by atoms with Gasteiger partial charge in [-0.05, 0) is 55.5 Å². The molecule has 1 fully saturated rings. The van der Waals surface area contributed by atoms with Gasteiger partial charge in [-0.25, -0.2) is 0 Å². The zero-order chi connectivity index (χ0) is 20.3. The van der Waals surface area contributed by atoms with Crippen LogP contribution in [-0.4, -0.2) is 23.9 Å². The molecule has 0 bridgehead atoms. The van der Waals surface area contributed by atoms with Gasteiger partial charge in [0.05, 0.1) is 11.0 Å². The number of amides is 1. The molecule has 7 heteroatoms. The molecular formula is C21H24ClN3O3. The molecule has 0 saturated carbocycles. The third-order valence-electron chi connectivity index (χ3n) is 5.17. The number of hydrogen-bond donors (Lipinski definition) is 1. The van der Waals surface area contributed by atoms with Crippen molar-refractivity contribution in [1.29, 1.82) is 0 Å². The van der Waals surface area contributed by atoms with Gasteiger partial charge >= 0.3 is 0 Å². The largest absolute Gasteiger partial charge is 0.371 e. The number of nitrogens with zero attached hydrogens (tertiary/aromatic N) is 2. The molecule has 0 spiro atoms. The molecular weight excluding hydrogens is 378 g/mol. The lowest BCUT2D eigenvalue weighted by atomic mass is 9.99. The van der Waals surface area contributed by atoms with Gasteiger partial charge in [0.2, 0.25) is 0 Å². The second-order valence-electron chi connectivity index (χ2n) is 7.40. The molecule has 6 nitrogen and oxygen atoms in total. The Morgan fingerprint density at radius 2 is 2.00 bits per heavy atom. The Hall–Kier alpha value is -2.60. The normalized spacial score (nSPS) is 17.8. The lowest BCUT2D eigenvalue weighted by Gasteiger charge is -2.33. The lowest BCUT2D eigenvalue weighted by Crippen LogP contribution is -2.34. The van der Waals surface area contributed by atoms with E-state index in [9.17, 15) is 14.9 Å². The Labute approximate surface area is 169 Å². The van der Waals surface area contributed by atoms with Gasteiger partial charge in [-0.2, -0.15) is 0 Å². The van der Waals surface area contributed by atoms with Crippen LogP contribution >= 0.6 is 11.6 Å². The van der Waals surface area contributed by atoms with Crippen LogP contribution in [0.5, 0.6) is 0 Å². The first-order chi connectivity index (χ1) is 13.3. The summed E-state index contributed by atoms with van der Waals surface area (Å²) in [5, 5.41) is 13.9. The molecule has 1 N–H and O–H groups in total. The number of rotatable bonds is 5. The minimum Gasteiger partial charge on any atom is -0.371 e. The quantitative estimate of drug-likeness (QED) is 0.566. The zero-order valence-corrected chi connectivity index (χ0v) is 16.8. The van der Waals surface area contributed by atoms with E-state index in [0.29, 0.717) is 5.92 Å². The van der Waals surface area contributed by atoms with E-state index < -0.39 is 4.92 Å². The van der Waals surface area contributed by atoms with E-state index in [4.69, 9.17) is 11.6 Å². The van der Waals surface area contributed by atoms with Crippen molar-refractivity contribution in [3.05, 3.63) is 68.7 Å². The van der Waals surface area contributed by atoms with Crippen LogP contribution in [0.25, 0.3) is 0 Å². The fourth-order valence-corrected chi connectivity index (χ4v) is 3.74. The van der Waals surface area contributed by atoms with Gasteiger partial charge in [-0.15, -0.1) is 0 Å². The van der Waals surface area contributed by atoms with Gasteiger partial charge in [0.25, 0.3) is 11.6 Å². The van der Waals surface area contributed by atoms with Gasteiger partial charge in [0.1, 0.15) is 5.02 Å². The van der Waals surface area contributed by atoms with Crippen molar-refractivity contribution in [2.45, 2.75) is 32.7 Å². The molecule has 0 radical (unpaired) electrons. The van der Waals surface area contributed by atoms with Crippen molar-refractivity contribution in [3.8, 4) is 0 Å². The van der Waals surface area contributed by atoms with E-state index in [1.165, 1.54) is 36.7 Å². The number of carbonyl (C=O) groups is 1. The fraction of sp³-hybridized carbons (Fsp3) is 0.381. The number of anilines is 1. The third kappa shape index (κ3) is 4.62. The predicted molar refractivity (Wildman–Crippen MR) is 111 cm³/mol. The van der Waals surface area contributed by atoms with Gasteiger partial charge in [0.15, 0.2) is 0 Å². The summed E-state index contributed by atoms with van der Waals surface area (Å²) in [5.74, 6) is 0.330. The highest BCUT2D eigenvalue weighted by Crippen LogP contribution is 2.26. The lowest BCUT2D eigenvalue weighted by molar-refractivity contribution is -0.384. The van der Waals surface area contributed by atoms with Crippen LogP contribution in [0, 0.1) is 16.0 Å². The number of halogens is 1. The van der Waals surface area contributed by atoms with E-state index in [2.05, 4.69) is 29.3 Å². The Kier molecular flexibility index (Phi) is 6.19. The number of piperidine rings is 1. The molecule has 1 amide bonds. The Morgan fingerprint density at radius 3 is 2.64 bits per heavy atom. The maximum absolute atomic E-state index is 12.5. The van der Waals surface area contributed by atoms with Crippen LogP contribution in [0.3, 0.4) is 0 Å². The summed E-state index contributed by atoms with van der Waals surface area (Å²) in [6.07, 6.45) is 2.49.